The molecule has 0 spiro atoms. The number of carboxylic acids is 1. The highest BCUT2D eigenvalue weighted by Crippen LogP contribution is 2.30. The van der Waals surface area contributed by atoms with Gasteiger partial charge in [0.15, 0.2) is 0 Å². The second-order valence-electron chi connectivity index (χ2n) is 4.99. The number of rotatable bonds is 5. The van der Waals surface area contributed by atoms with E-state index in [0.717, 1.165) is 19.3 Å². The number of methoxy groups -OCH3 is 1. The predicted octanol–water partition coefficient (Wildman–Crippen LogP) is 1.96. The van der Waals surface area contributed by atoms with Crippen molar-refractivity contribution in [3.05, 3.63) is 23.8 Å². The first-order valence-electron chi connectivity index (χ1n) is 6.85. The molecule has 0 bridgehead atoms. The van der Waals surface area contributed by atoms with Crippen LogP contribution < -0.4 is 4.74 Å². The summed E-state index contributed by atoms with van der Waals surface area (Å²) >= 11 is 0. The average Bonchev–Trinajstić information content (AvgIpc) is 2.95. The molecule has 6 nitrogen and oxygen atoms in total. The first-order chi connectivity index (χ1) is 9.91. The van der Waals surface area contributed by atoms with Crippen LogP contribution in [0.1, 0.15) is 36.5 Å². The Kier molecular flexibility index (Phi) is 4.53. The lowest BCUT2D eigenvalue weighted by molar-refractivity contribution is 0.0693. The molecule has 1 aliphatic rings. The number of hydrogen-bond acceptors (Lipinski definition) is 4. The highest BCUT2D eigenvalue weighted by atomic mass is 32.2. The Morgan fingerprint density at radius 2 is 2.19 bits per heavy atom. The minimum absolute atomic E-state index is 0.000972. The third-order valence-electron chi connectivity index (χ3n) is 3.80. The molecule has 7 heteroatoms. The second-order valence-corrected chi connectivity index (χ2v) is 6.88. The molecule has 1 fully saturated rings. The van der Waals surface area contributed by atoms with Gasteiger partial charge in [-0.05, 0) is 37.5 Å². The number of hydrogen-bond donors (Lipinski definition) is 1. The van der Waals surface area contributed by atoms with Crippen molar-refractivity contribution in [3.63, 3.8) is 0 Å². The van der Waals surface area contributed by atoms with Crippen molar-refractivity contribution in [1.82, 2.24) is 4.31 Å². The number of ether oxygens (including phenoxy) is 1. The molecule has 0 amide bonds. The van der Waals surface area contributed by atoms with Crippen LogP contribution in [0.4, 0.5) is 0 Å². The highest BCUT2D eigenvalue weighted by Gasteiger charge is 2.34. The maximum Gasteiger partial charge on any atom is 0.339 e. The van der Waals surface area contributed by atoms with Crippen molar-refractivity contribution in [2.75, 3.05) is 13.7 Å². The van der Waals surface area contributed by atoms with E-state index in [1.165, 1.54) is 29.6 Å². The molecule has 21 heavy (non-hydrogen) atoms. The van der Waals surface area contributed by atoms with E-state index in [2.05, 4.69) is 0 Å². The first-order valence-corrected chi connectivity index (χ1v) is 8.29. The molecule has 1 N–H and O–H groups in total. The topological polar surface area (TPSA) is 83.9 Å². The van der Waals surface area contributed by atoms with Crippen molar-refractivity contribution in [3.8, 4) is 5.75 Å². The Bertz CT molecular complexity index is 641. The third-order valence-corrected chi connectivity index (χ3v) is 5.75. The monoisotopic (exact) mass is 313 g/mol. The van der Waals surface area contributed by atoms with Gasteiger partial charge < -0.3 is 9.84 Å². The second kappa shape index (κ2) is 6.03. The zero-order valence-electron chi connectivity index (χ0n) is 12.1. The molecule has 1 aromatic carbocycles. The molecule has 1 atom stereocenters. The van der Waals surface area contributed by atoms with Gasteiger partial charge in [-0.25, -0.2) is 13.2 Å². The molecule has 0 aliphatic carbocycles. The maximum absolute atomic E-state index is 12.7. The van der Waals surface area contributed by atoms with Crippen LogP contribution in [0, 0.1) is 0 Å². The Hall–Kier alpha value is -1.60. The first kappa shape index (κ1) is 15.8. The average molecular weight is 313 g/mol. The molecule has 0 radical (unpaired) electrons. The molecular formula is C14H19NO5S. The number of nitrogens with zero attached hydrogens (tertiary/aromatic N) is 1. The molecular weight excluding hydrogens is 294 g/mol. The van der Waals surface area contributed by atoms with Crippen molar-refractivity contribution < 1.29 is 23.1 Å². The highest BCUT2D eigenvalue weighted by molar-refractivity contribution is 7.89. The minimum atomic E-state index is -3.67. The molecule has 1 unspecified atom stereocenters. The largest absolute Gasteiger partial charge is 0.496 e. The number of aromatic carboxylic acids is 1. The van der Waals surface area contributed by atoms with Crippen LogP contribution in [0.25, 0.3) is 0 Å². The van der Waals surface area contributed by atoms with Gasteiger partial charge in [0.25, 0.3) is 0 Å². The Morgan fingerprint density at radius 1 is 1.48 bits per heavy atom. The van der Waals surface area contributed by atoms with Gasteiger partial charge in [-0.15, -0.1) is 0 Å². The fourth-order valence-corrected chi connectivity index (χ4v) is 4.48. The van der Waals surface area contributed by atoms with Gasteiger partial charge in [0.2, 0.25) is 10.0 Å². The van der Waals surface area contributed by atoms with E-state index in [0.29, 0.717) is 6.54 Å². The van der Waals surface area contributed by atoms with Crippen LogP contribution in [0.15, 0.2) is 23.1 Å². The van der Waals surface area contributed by atoms with E-state index in [4.69, 9.17) is 9.84 Å². The lowest BCUT2D eigenvalue weighted by Gasteiger charge is -2.23. The Balaban J connectivity index is 2.45. The van der Waals surface area contributed by atoms with Gasteiger partial charge in [0.1, 0.15) is 11.3 Å². The SMILES string of the molecule is CCC1CCCN1S(=O)(=O)c1ccc(OC)c(C(=O)O)c1. The van der Waals surface area contributed by atoms with Gasteiger partial charge in [0, 0.05) is 12.6 Å². The third kappa shape index (κ3) is 2.89. The normalized spacial score (nSPS) is 19.6. The fourth-order valence-electron chi connectivity index (χ4n) is 2.68. The number of carboxylic acid groups (broad SMARTS) is 1. The van der Waals surface area contributed by atoms with E-state index in [-0.39, 0.29) is 22.3 Å². The molecule has 1 aromatic rings. The number of benzene rings is 1. The van der Waals surface area contributed by atoms with E-state index < -0.39 is 16.0 Å². The fraction of sp³-hybridized carbons (Fsp3) is 0.500. The van der Waals surface area contributed by atoms with E-state index >= 15 is 0 Å². The lowest BCUT2D eigenvalue weighted by Crippen LogP contribution is -2.35. The Labute approximate surface area is 124 Å². The summed E-state index contributed by atoms with van der Waals surface area (Å²) in [6, 6.07) is 3.94. The van der Waals surface area contributed by atoms with Crippen LogP contribution in [0.2, 0.25) is 0 Å². The summed E-state index contributed by atoms with van der Waals surface area (Å²) in [6.45, 7) is 2.44. The van der Waals surface area contributed by atoms with E-state index in [1.54, 1.807) is 0 Å². The summed E-state index contributed by atoms with van der Waals surface area (Å²) < 4.78 is 31.8. The summed E-state index contributed by atoms with van der Waals surface area (Å²) in [7, 11) is -2.32. The maximum atomic E-state index is 12.7. The Morgan fingerprint density at radius 3 is 2.76 bits per heavy atom. The van der Waals surface area contributed by atoms with Crippen molar-refractivity contribution in [1.29, 1.82) is 0 Å². The minimum Gasteiger partial charge on any atom is -0.496 e. The van der Waals surface area contributed by atoms with Crippen molar-refractivity contribution in [2.45, 2.75) is 37.1 Å². The van der Waals surface area contributed by atoms with Gasteiger partial charge in [-0.2, -0.15) is 4.31 Å². The zero-order chi connectivity index (χ0) is 15.6. The van der Waals surface area contributed by atoms with Crippen LogP contribution in [0.5, 0.6) is 5.75 Å². The lowest BCUT2D eigenvalue weighted by atomic mass is 10.2. The summed E-state index contributed by atoms with van der Waals surface area (Å²) in [6.07, 6.45) is 2.43. The molecule has 0 saturated carbocycles. The predicted molar refractivity (Wildman–Crippen MR) is 77.2 cm³/mol. The quantitative estimate of drug-likeness (QED) is 0.898. The summed E-state index contributed by atoms with van der Waals surface area (Å²) in [5.74, 6) is -1.06. The number of carbonyl (C=O) groups is 1. The summed E-state index contributed by atoms with van der Waals surface area (Å²) in [5.41, 5.74) is -0.147. The van der Waals surface area contributed by atoms with Crippen LogP contribution in [-0.4, -0.2) is 43.5 Å². The van der Waals surface area contributed by atoms with Crippen LogP contribution in [-0.2, 0) is 10.0 Å². The van der Waals surface area contributed by atoms with Gasteiger partial charge in [0.05, 0.1) is 12.0 Å². The van der Waals surface area contributed by atoms with Crippen molar-refractivity contribution in [2.24, 2.45) is 0 Å². The molecule has 1 heterocycles. The summed E-state index contributed by atoms with van der Waals surface area (Å²) in [4.78, 5) is 11.2. The van der Waals surface area contributed by atoms with Gasteiger partial charge in [-0.3, -0.25) is 0 Å². The van der Waals surface area contributed by atoms with Gasteiger partial charge >= 0.3 is 5.97 Å². The molecule has 0 aromatic heterocycles. The smallest absolute Gasteiger partial charge is 0.339 e. The molecule has 2 rings (SSSR count). The van der Waals surface area contributed by atoms with Crippen LogP contribution in [0.3, 0.4) is 0 Å². The molecule has 1 saturated heterocycles. The van der Waals surface area contributed by atoms with E-state index in [1.807, 2.05) is 6.92 Å². The molecule has 1 aliphatic heterocycles. The number of sulfonamides is 1. The molecule has 116 valence electrons. The zero-order valence-corrected chi connectivity index (χ0v) is 12.9. The van der Waals surface area contributed by atoms with Crippen molar-refractivity contribution >= 4 is 16.0 Å². The van der Waals surface area contributed by atoms with Gasteiger partial charge in [-0.1, -0.05) is 6.92 Å². The van der Waals surface area contributed by atoms with Crippen LogP contribution >= 0.6 is 0 Å². The van der Waals surface area contributed by atoms with E-state index in [9.17, 15) is 13.2 Å². The summed E-state index contributed by atoms with van der Waals surface area (Å²) in [5, 5.41) is 9.16. The standard InChI is InChI=1S/C14H19NO5S/c1-3-10-5-4-8-15(10)21(18,19)11-6-7-13(20-2)12(9-11)14(16)17/h6-7,9-10H,3-5,8H2,1-2H3,(H,16,17).